The Morgan fingerprint density at radius 2 is 1.77 bits per heavy atom. The molecule has 1 atom stereocenters. The first-order chi connectivity index (χ1) is 14.2. The van der Waals surface area contributed by atoms with Crippen molar-refractivity contribution in [3.63, 3.8) is 0 Å². The molecule has 0 aliphatic carbocycles. The van der Waals surface area contributed by atoms with Gasteiger partial charge >= 0.3 is 0 Å². The summed E-state index contributed by atoms with van der Waals surface area (Å²) in [6, 6.07) is 9.97. The van der Waals surface area contributed by atoms with Crippen molar-refractivity contribution in [2.45, 2.75) is 32.9 Å². The Morgan fingerprint density at radius 3 is 2.27 bits per heavy atom. The molecule has 0 aromatic heterocycles. The summed E-state index contributed by atoms with van der Waals surface area (Å²) in [5.41, 5.74) is 12.6. The zero-order valence-corrected chi connectivity index (χ0v) is 17.0. The van der Waals surface area contributed by atoms with E-state index in [2.05, 4.69) is 10.6 Å². The monoisotopic (exact) mass is 419 g/mol. The fraction of sp³-hybridized carbons (Fsp3) is 0.286. The van der Waals surface area contributed by atoms with Crippen molar-refractivity contribution >= 4 is 17.6 Å². The topological polar surface area (TPSA) is 134 Å². The molecule has 0 aliphatic rings. The lowest BCUT2D eigenvalue weighted by atomic mass is 10.1. The van der Waals surface area contributed by atoms with Crippen LogP contribution in [0.1, 0.15) is 30.5 Å². The van der Waals surface area contributed by atoms with E-state index in [9.17, 15) is 18.4 Å². The van der Waals surface area contributed by atoms with Crippen LogP contribution < -0.4 is 22.1 Å². The number of aryl methyl sites for hydroxylation is 1. The Hall–Kier alpha value is -3.33. The molecule has 2 aromatic rings. The summed E-state index contributed by atoms with van der Waals surface area (Å²) < 4.78 is 24.9. The molecule has 7 N–H and O–H groups in total. The highest BCUT2D eigenvalue weighted by molar-refractivity contribution is 5.94. The highest BCUT2D eigenvalue weighted by Gasteiger charge is 2.14. The number of carbonyl (C=O) groups excluding carboxylic acids is 2. The predicted octanol–water partition coefficient (Wildman–Crippen LogP) is 1.58. The van der Waals surface area contributed by atoms with Gasteiger partial charge in [-0.2, -0.15) is 0 Å². The minimum absolute atomic E-state index is 0.00120. The number of nitrogen functional groups attached to an aromatic ring is 1. The van der Waals surface area contributed by atoms with Crippen LogP contribution in [-0.4, -0.2) is 30.2 Å². The van der Waals surface area contributed by atoms with E-state index < -0.39 is 17.7 Å². The fourth-order valence-electron chi connectivity index (χ4n) is 2.32. The molecule has 0 bridgehead atoms. The SMILES string of the molecule is CC(NC(=O)CN)C(=O)NCc1ccc(C(=N)N)cc1.CCc1ccc(F)cc1F. The third kappa shape index (κ3) is 8.36. The van der Waals surface area contributed by atoms with Gasteiger partial charge in [-0.3, -0.25) is 15.0 Å². The minimum Gasteiger partial charge on any atom is -0.384 e. The summed E-state index contributed by atoms with van der Waals surface area (Å²) in [5.74, 6) is -1.64. The van der Waals surface area contributed by atoms with Gasteiger partial charge in [0.2, 0.25) is 11.8 Å². The molecular weight excluding hydrogens is 392 g/mol. The number of carbonyl (C=O) groups is 2. The van der Waals surface area contributed by atoms with E-state index in [4.69, 9.17) is 16.9 Å². The van der Waals surface area contributed by atoms with E-state index in [0.717, 1.165) is 11.6 Å². The summed E-state index contributed by atoms with van der Waals surface area (Å²) in [6.45, 7) is 3.60. The number of benzene rings is 2. The van der Waals surface area contributed by atoms with Crippen LogP contribution in [-0.2, 0) is 22.6 Å². The second-order valence-electron chi connectivity index (χ2n) is 6.41. The molecule has 0 radical (unpaired) electrons. The Morgan fingerprint density at radius 1 is 1.13 bits per heavy atom. The molecule has 2 amide bonds. The van der Waals surface area contributed by atoms with Crippen LogP contribution in [0.3, 0.4) is 0 Å². The zero-order valence-electron chi connectivity index (χ0n) is 17.0. The Balaban J connectivity index is 0.000000375. The molecule has 162 valence electrons. The van der Waals surface area contributed by atoms with Gasteiger partial charge < -0.3 is 22.1 Å². The van der Waals surface area contributed by atoms with Gasteiger partial charge in [-0.15, -0.1) is 0 Å². The Bertz CT molecular complexity index is 872. The first-order valence-electron chi connectivity index (χ1n) is 9.32. The van der Waals surface area contributed by atoms with Gasteiger partial charge in [0.1, 0.15) is 23.5 Å². The van der Waals surface area contributed by atoms with E-state index in [1.165, 1.54) is 12.1 Å². The minimum atomic E-state index is -0.637. The largest absolute Gasteiger partial charge is 0.384 e. The van der Waals surface area contributed by atoms with Crippen molar-refractivity contribution < 1.29 is 18.4 Å². The number of hydrogen-bond donors (Lipinski definition) is 5. The maximum absolute atomic E-state index is 12.6. The van der Waals surface area contributed by atoms with E-state index in [0.29, 0.717) is 24.1 Å². The van der Waals surface area contributed by atoms with E-state index in [1.54, 1.807) is 31.2 Å². The first kappa shape index (κ1) is 24.7. The van der Waals surface area contributed by atoms with Gasteiger partial charge in [0.05, 0.1) is 6.54 Å². The van der Waals surface area contributed by atoms with Crippen molar-refractivity contribution in [2.75, 3.05) is 6.54 Å². The van der Waals surface area contributed by atoms with Gasteiger partial charge in [-0.1, -0.05) is 37.3 Å². The molecule has 7 nitrogen and oxygen atoms in total. The molecule has 0 aliphatic heterocycles. The number of amidine groups is 1. The molecule has 9 heteroatoms. The number of rotatable bonds is 7. The smallest absolute Gasteiger partial charge is 0.242 e. The van der Waals surface area contributed by atoms with Crippen molar-refractivity contribution in [3.05, 3.63) is 70.8 Å². The first-order valence-corrected chi connectivity index (χ1v) is 9.32. The number of nitrogens with two attached hydrogens (primary N) is 2. The highest BCUT2D eigenvalue weighted by atomic mass is 19.1. The lowest BCUT2D eigenvalue weighted by molar-refractivity contribution is -0.128. The highest BCUT2D eigenvalue weighted by Crippen LogP contribution is 2.09. The van der Waals surface area contributed by atoms with Gasteiger partial charge in [0.25, 0.3) is 0 Å². The van der Waals surface area contributed by atoms with Crippen LogP contribution in [0, 0.1) is 17.0 Å². The molecule has 30 heavy (non-hydrogen) atoms. The van der Waals surface area contributed by atoms with Crippen LogP contribution in [0.2, 0.25) is 0 Å². The van der Waals surface area contributed by atoms with Gasteiger partial charge in [0.15, 0.2) is 0 Å². The second-order valence-corrected chi connectivity index (χ2v) is 6.41. The third-order valence-electron chi connectivity index (χ3n) is 4.08. The van der Waals surface area contributed by atoms with Gasteiger partial charge in [-0.25, -0.2) is 8.78 Å². The van der Waals surface area contributed by atoms with E-state index in [-0.39, 0.29) is 24.2 Å². The fourth-order valence-corrected chi connectivity index (χ4v) is 2.32. The number of amides is 2. The van der Waals surface area contributed by atoms with Crippen LogP contribution >= 0.6 is 0 Å². The number of nitrogens with one attached hydrogen (secondary N) is 3. The summed E-state index contributed by atoms with van der Waals surface area (Å²) >= 11 is 0. The van der Waals surface area contributed by atoms with Gasteiger partial charge in [0, 0.05) is 18.2 Å². The Labute approximate surface area is 174 Å². The van der Waals surface area contributed by atoms with Crippen LogP contribution in [0.5, 0.6) is 0 Å². The number of hydrogen-bond acceptors (Lipinski definition) is 4. The summed E-state index contributed by atoms with van der Waals surface area (Å²) in [7, 11) is 0. The third-order valence-corrected chi connectivity index (χ3v) is 4.08. The summed E-state index contributed by atoms with van der Waals surface area (Å²) in [6.07, 6.45) is 0.603. The maximum atomic E-state index is 12.6. The molecule has 0 saturated heterocycles. The van der Waals surface area contributed by atoms with Crippen molar-refractivity contribution in [1.82, 2.24) is 10.6 Å². The van der Waals surface area contributed by atoms with Crippen LogP contribution in [0.4, 0.5) is 8.78 Å². The van der Waals surface area contributed by atoms with Crippen molar-refractivity contribution in [1.29, 1.82) is 5.41 Å². The molecule has 1 unspecified atom stereocenters. The second kappa shape index (κ2) is 12.3. The van der Waals surface area contributed by atoms with Crippen molar-refractivity contribution in [2.24, 2.45) is 11.5 Å². The summed E-state index contributed by atoms with van der Waals surface area (Å²) in [4.78, 5) is 22.8. The average Bonchev–Trinajstić information content (AvgIpc) is 2.72. The summed E-state index contributed by atoms with van der Waals surface area (Å²) in [5, 5.41) is 12.4. The molecule has 0 spiro atoms. The molecule has 2 aromatic carbocycles. The maximum Gasteiger partial charge on any atom is 0.242 e. The molecular formula is C21H27F2N5O2. The van der Waals surface area contributed by atoms with E-state index >= 15 is 0 Å². The van der Waals surface area contributed by atoms with Crippen LogP contribution in [0.25, 0.3) is 0 Å². The average molecular weight is 419 g/mol. The van der Waals surface area contributed by atoms with Gasteiger partial charge in [-0.05, 0) is 30.5 Å². The zero-order chi connectivity index (χ0) is 22.7. The lowest BCUT2D eigenvalue weighted by Crippen LogP contribution is -2.46. The Kier molecular flexibility index (Phi) is 10.1. The lowest BCUT2D eigenvalue weighted by Gasteiger charge is -2.13. The number of halogens is 2. The molecule has 0 heterocycles. The van der Waals surface area contributed by atoms with Crippen molar-refractivity contribution in [3.8, 4) is 0 Å². The molecule has 0 saturated carbocycles. The predicted molar refractivity (Wildman–Crippen MR) is 112 cm³/mol. The van der Waals surface area contributed by atoms with E-state index in [1.807, 2.05) is 6.92 Å². The van der Waals surface area contributed by atoms with Crippen LogP contribution in [0.15, 0.2) is 42.5 Å². The quantitative estimate of drug-likeness (QED) is 0.344. The molecule has 0 fully saturated rings. The normalized spacial score (nSPS) is 11.0. The standard InChI is InChI=1S/C13H19N5O2.C8H8F2/c1-8(18-11(19)6-14)13(20)17-7-9-2-4-10(5-3-9)12(15)16;1-2-6-3-4-7(9)5-8(6)10/h2-5,8H,6-7,14H2,1H3,(H3,15,16)(H,17,20)(H,18,19);3-5H,2H2,1H3. The molecule has 2 rings (SSSR count).